The summed E-state index contributed by atoms with van der Waals surface area (Å²) in [6.07, 6.45) is -1.41. The highest BCUT2D eigenvalue weighted by Gasteiger charge is 2.70. The van der Waals surface area contributed by atoms with Crippen LogP contribution in [0.15, 0.2) is 0 Å². The molecule has 0 aromatic carbocycles. The van der Waals surface area contributed by atoms with E-state index < -0.39 is 23.7 Å². The molecule has 2 aliphatic rings. The zero-order valence-corrected chi connectivity index (χ0v) is 8.98. The standard InChI is InChI=1S/C10H15NO4/c1-4(2)6(12)10-7(15-9(10)14)5(3)8(13)11-10/h4-7,12H,1-3H3,(H,11,13)/t5?,6-,7?,10?/m0/s1. The Labute approximate surface area is 87.8 Å². The molecule has 4 atom stereocenters. The average molecular weight is 213 g/mol. The van der Waals surface area contributed by atoms with Crippen molar-refractivity contribution in [2.75, 3.05) is 0 Å². The molecule has 2 heterocycles. The van der Waals surface area contributed by atoms with Crippen molar-refractivity contribution in [2.45, 2.75) is 38.5 Å². The van der Waals surface area contributed by atoms with Gasteiger partial charge in [-0.1, -0.05) is 13.8 Å². The Balaban J connectivity index is 2.33. The van der Waals surface area contributed by atoms with Gasteiger partial charge in [0.05, 0.1) is 12.0 Å². The molecule has 0 spiro atoms. The molecule has 15 heavy (non-hydrogen) atoms. The topological polar surface area (TPSA) is 75.6 Å². The number of hydrogen-bond donors (Lipinski definition) is 2. The summed E-state index contributed by atoms with van der Waals surface area (Å²) in [5.74, 6) is -1.24. The lowest BCUT2D eigenvalue weighted by atomic mass is 9.76. The van der Waals surface area contributed by atoms with Crippen molar-refractivity contribution in [1.82, 2.24) is 5.32 Å². The normalized spacial score (nSPS) is 40.6. The van der Waals surface area contributed by atoms with Crippen LogP contribution in [0.3, 0.4) is 0 Å². The first-order valence-corrected chi connectivity index (χ1v) is 5.12. The summed E-state index contributed by atoms with van der Waals surface area (Å²) in [6, 6.07) is 0. The summed E-state index contributed by atoms with van der Waals surface area (Å²) in [6.45, 7) is 5.30. The van der Waals surface area contributed by atoms with E-state index in [9.17, 15) is 14.7 Å². The first-order valence-electron chi connectivity index (χ1n) is 5.12. The summed E-state index contributed by atoms with van der Waals surface area (Å²) < 4.78 is 4.94. The van der Waals surface area contributed by atoms with Gasteiger partial charge in [-0.05, 0) is 12.8 Å². The molecule has 0 bridgehead atoms. The fraction of sp³-hybridized carbons (Fsp3) is 0.800. The van der Waals surface area contributed by atoms with Crippen molar-refractivity contribution in [2.24, 2.45) is 11.8 Å². The van der Waals surface area contributed by atoms with E-state index in [1.54, 1.807) is 20.8 Å². The number of aliphatic hydroxyl groups excluding tert-OH is 1. The minimum absolute atomic E-state index is 0.106. The second kappa shape index (κ2) is 2.95. The summed E-state index contributed by atoms with van der Waals surface area (Å²) in [4.78, 5) is 22.9. The lowest BCUT2D eigenvalue weighted by Crippen LogP contribution is -2.73. The molecular weight excluding hydrogens is 198 g/mol. The molecular formula is C10H15NO4. The number of hydrogen-bond acceptors (Lipinski definition) is 4. The van der Waals surface area contributed by atoms with E-state index in [1.807, 2.05) is 0 Å². The maximum absolute atomic E-state index is 11.5. The number of ether oxygens (including phenoxy) is 1. The number of carbonyl (C=O) groups is 2. The van der Waals surface area contributed by atoms with Gasteiger partial charge in [0, 0.05) is 0 Å². The molecule has 2 rings (SSSR count). The van der Waals surface area contributed by atoms with Crippen LogP contribution < -0.4 is 5.32 Å². The van der Waals surface area contributed by atoms with Crippen LogP contribution in [0.4, 0.5) is 0 Å². The molecule has 0 aromatic rings. The van der Waals surface area contributed by atoms with Crippen LogP contribution in [0.5, 0.6) is 0 Å². The Hall–Kier alpha value is -1.10. The minimum atomic E-state index is -1.19. The predicted octanol–water partition coefficient (Wildman–Crippen LogP) is -0.567. The molecule has 84 valence electrons. The SMILES string of the molecule is CC1C(=O)NC2([C@@H](O)C(C)C)C(=O)OC12. The van der Waals surface area contributed by atoms with Crippen LogP contribution in [-0.4, -0.2) is 34.7 Å². The zero-order valence-electron chi connectivity index (χ0n) is 8.98. The van der Waals surface area contributed by atoms with Crippen LogP contribution in [0.25, 0.3) is 0 Å². The van der Waals surface area contributed by atoms with Crippen LogP contribution in [-0.2, 0) is 14.3 Å². The van der Waals surface area contributed by atoms with E-state index in [4.69, 9.17) is 4.74 Å². The number of fused-ring (bicyclic) bond motifs is 1. The van der Waals surface area contributed by atoms with Gasteiger partial charge in [-0.2, -0.15) is 0 Å². The highest BCUT2D eigenvalue weighted by molar-refractivity contribution is 5.99. The van der Waals surface area contributed by atoms with Crippen molar-refractivity contribution in [3.8, 4) is 0 Å². The summed E-state index contributed by atoms with van der Waals surface area (Å²) >= 11 is 0. The molecule has 2 aliphatic heterocycles. The van der Waals surface area contributed by atoms with Crippen molar-refractivity contribution < 1.29 is 19.4 Å². The van der Waals surface area contributed by atoms with E-state index in [0.29, 0.717) is 0 Å². The number of carbonyl (C=O) groups excluding carboxylic acids is 2. The summed E-state index contributed by atoms with van der Waals surface area (Å²) in [5.41, 5.74) is -1.19. The van der Waals surface area contributed by atoms with Crippen LogP contribution >= 0.6 is 0 Å². The Morgan fingerprint density at radius 3 is 2.47 bits per heavy atom. The van der Waals surface area contributed by atoms with Gasteiger partial charge in [-0.25, -0.2) is 4.79 Å². The molecule has 5 heteroatoms. The van der Waals surface area contributed by atoms with Gasteiger partial charge >= 0.3 is 5.97 Å². The summed E-state index contributed by atoms with van der Waals surface area (Å²) in [5, 5.41) is 12.6. The maximum atomic E-state index is 11.5. The number of amides is 1. The quantitative estimate of drug-likeness (QED) is 0.602. The third-order valence-electron chi connectivity index (χ3n) is 3.32. The monoisotopic (exact) mass is 213 g/mol. The highest BCUT2D eigenvalue weighted by Crippen LogP contribution is 2.42. The third-order valence-corrected chi connectivity index (χ3v) is 3.32. The van der Waals surface area contributed by atoms with Gasteiger partial charge in [0.1, 0.15) is 6.10 Å². The van der Waals surface area contributed by atoms with Gasteiger partial charge in [-0.15, -0.1) is 0 Å². The molecule has 5 nitrogen and oxygen atoms in total. The number of rotatable bonds is 2. The first-order chi connectivity index (χ1) is 6.91. The fourth-order valence-corrected chi connectivity index (χ4v) is 2.33. The van der Waals surface area contributed by atoms with Crippen molar-refractivity contribution in [3.05, 3.63) is 0 Å². The molecule has 1 amide bonds. The van der Waals surface area contributed by atoms with E-state index in [-0.39, 0.29) is 17.7 Å². The number of esters is 1. The molecule has 3 unspecified atom stereocenters. The van der Waals surface area contributed by atoms with Crippen LogP contribution in [0.2, 0.25) is 0 Å². The van der Waals surface area contributed by atoms with Gasteiger partial charge in [-0.3, -0.25) is 4.79 Å². The molecule has 2 saturated heterocycles. The number of nitrogens with one attached hydrogen (secondary N) is 1. The van der Waals surface area contributed by atoms with E-state index in [0.717, 1.165) is 0 Å². The number of aliphatic hydroxyl groups is 1. The lowest BCUT2D eigenvalue weighted by Gasteiger charge is -2.46. The minimum Gasteiger partial charge on any atom is -0.456 e. The van der Waals surface area contributed by atoms with Gasteiger partial charge in [0.25, 0.3) is 0 Å². The molecule has 2 N–H and O–H groups in total. The largest absolute Gasteiger partial charge is 0.456 e. The molecule has 0 aromatic heterocycles. The lowest BCUT2D eigenvalue weighted by molar-refractivity contribution is -0.206. The molecule has 2 fully saturated rings. The van der Waals surface area contributed by atoms with Crippen molar-refractivity contribution in [1.29, 1.82) is 0 Å². The second-order valence-electron chi connectivity index (χ2n) is 4.66. The van der Waals surface area contributed by atoms with Crippen molar-refractivity contribution in [3.63, 3.8) is 0 Å². The summed E-state index contributed by atoms with van der Waals surface area (Å²) in [7, 11) is 0. The first kappa shape index (κ1) is 10.4. The van der Waals surface area contributed by atoms with E-state index in [1.165, 1.54) is 0 Å². The maximum Gasteiger partial charge on any atom is 0.338 e. The Morgan fingerprint density at radius 2 is 2.07 bits per heavy atom. The third kappa shape index (κ3) is 1.07. The van der Waals surface area contributed by atoms with Gasteiger partial charge in [0.15, 0.2) is 0 Å². The predicted molar refractivity (Wildman–Crippen MR) is 50.8 cm³/mol. The molecule has 0 aliphatic carbocycles. The van der Waals surface area contributed by atoms with Crippen LogP contribution in [0, 0.1) is 11.8 Å². The smallest absolute Gasteiger partial charge is 0.338 e. The highest BCUT2D eigenvalue weighted by atomic mass is 16.6. The van der Waals surface area contributed by atoms with Crippen LogP contribution in [0.1, 0.15) is 20.8 Å². The Morgan fingerprint density at radius 1 is 1.47 bits per heavy atom. The fourth-order valence-electron chi connectivity index (χ4n) is 2.33. The van der Waals surface area contributed by atoms with Gasteiger partial charge in [0.2, 0.25) is 11.4 Å². The zero-order chi connectivity index (χ0) is 11.4. The van der Waals surface area contributed by atoms with E-state index in [2.05, 4.69) is 5.32 Å². The molecule has 0 saturated carbocycles. The Kier molecular flexibility index (Phi) is 2.05. The van der Waals surface area contributed by atoms with E-state index >= 15 is 0 Å². The second-order valence-corrected chi connectivity index (χ2v) is 4.66. The van der Waals surface area contributed by atoms with Gasteiger partial charge < -0.3 is 15.2 Å². The average Bonchev–Trinajstić information content (AvgIpc) is 2.37. The molecule has 0 radical (unpaired) electrons. The Bertz CT molecular complexity index is 327. The van der Waals surface area contributed by atoms with Crippen molar-refractivity contribution >= 4 is 11.9 Å².